The normalized spacial score (nSPS) is 32.4. The molecule has 1 N–H and O–H groups in total. The first-order valence-corrected chi connectivity index (χ1v) is 6.33. The van der Waals surface area contributed by atoms with Crippen LogP contribution in [0.1, 0.15) is 19.3 Å². The highest BCUT2D eigenvalue weighted by Crippen LogP contribution is 2.37. The first kappa shape index (κ1) is 10.3. The summed E-state index contributed by atoms with van der Waals surface area (Å²) in [5.74, 6) is 1.87. The number of hydrogen-bond donors (Lipinski definition) is 1. The standard InChI is InChI=1S/C10H17NO2S/c1-11(6-8-2-3-8)10(9(12)13)4-5-14-7-10/h8H,2-7H2,1H3,(H,12,13). The molecule has 1 atom stereocenters. The lowest BCUT2D eigenvalue weighted by Crippen LogP contribution is -2.53. The van der Waals surface area contributed by atoms with Crippen LogP contribution in [-0.2, 0) is 4.79 Å². The van der Waals surface area contributed by atoms with Crippen molar-refractivity contribution in [3.8, 4) is 0 Å². The van der Waals surface area contributed by atoms with Gasteiger partial charge in [0.05, 0.1) is 0 Å². The lowest BCUT2D eigenvalue weighted by Gasteiger charge is -2.34. The predicted octanol–water partition coefficient (Wildman–Crippen LogP) is 1.29. The number of hydrogen-bond acceptors (Lipinski definition) is 3. The minimum Gasteiger partial charge on any atom is -0.480 e. The van der Waals surface area contributed by atoms with Crippen molar-refractivity contribution in [2.24, 2.45) is 5.92 Å². The molecule has 0 radical (unpaired) electrons. The van der Waals surface area contributed by atoms with Gasteiger partial charge in [-0.25, -0.2) is 0 Å². The van der Waals surface area contributed by atoms with Gasteiger partial charge in [-0.2, -0.15) is 11.8 Å². The van der Waals surface area contributed by atoms with Gasteiger partial charge in [-0.05, 0) is 38.0 Å². The summed E-state index contributed by atoms with van der Waals surface area (Å²) >= 11 is 1.76. The summed E-state index contributed by atoms with van der Waals surface area (Å²) in [6, 6.07) is 0. The van der Waals surface area contributed by atoms with E-state index >= 15 is 0 Å². The van der Waals surface area contributed by atoms with Crippen LogP contribution in [0.3, 0.4) is 0 Å². The molecule has 0 spiro atoms. The number of likely N-dealkylation sites (N-methyl/N-ethyl adjacent to an activating group) is 1. The summed E-state index contributed by atoms with van der Waals surface area (Å²) in [6.07, 6.45) is 3.37. The number of aliphatic carboxylic acids is 1. The summed E-state index contributed by atoms with van der Waals surface area (Å²) in [5.41, 5.74) is -0.562. The zero-order valence-electron chi connectivity index (χ0n) is 8.53. The smallest absolute Gasteiger partial charge is 0.325 e. The molecule has 4 heteroatoms. The SMILES string of the molecule is CN(CC1CC1)C1(C(=O)O)CCSC1. The van der Waals surface area contributed by atoms with Crippen molar-refractivity contribution in [1.82, 2.24) is 4.90 Å². The van der Waals surface area contributed by atoms with E-state index in [1.165, 1.54) is 12.8 Å². The van der Waals surface area contributed by atoms with Crippen molar-refractivity contribution in [3.05, 3.63) is 0 Å². The second-order valence-electron chi connectivity index (χ2n) is 4.46. The molecule has 1 aliphatic heterocycles. The van der Waals surface area contributed by atoms with Gasteiger partial charge in [-0.15, -0.1) is 0 Å². The number of nitrogens with zero attached hydrogens (tertiary/aromatic N) is 1. The highest BCUT2D eigenvalue weighted by atomic mass is 32.2. The van der Waals surface area contributed by atoms with E-state index in [9.17, 15) is 9.90 Å². The molecule has 1 heterocycles. The molecule has 1 aliphatic carbocycles. The van der Waals surface area contributed by atoms with Crippen LogP contribution in [0.25, 0.3) is 0 Å². The van der Waals surface area contributed by atoms with Crippen molar-refractivity contribution < 1.29 is 9.90 Å². The summed E-state index contributed by atoms with van der Waals surface area (Å²) in [7, 11) is 1.97. The molecular formula is C10H17NO2S. The summed E-state index contributed by atoms with van der Waals surface area (Å²) in [6.45, 7) is 0.965. The molecule has 1 saturated heterocycles. The highest BCUT2D eigenvalue weighted by Gasteiger charge is 2.46. The van der Waals surface area contributed by atoms with Gasteiger partial charge in [0.1, 0.15) is 5.54 Å². The minimum atomic E-state index is -0.634. The second-order valence-corrected chi connectivity index (χ2v) is 5.57. The van der Waals surface area contributed by atoms with Crippen molar-refractivity contribution >= 4 is 17.7 Å². The molecule has 1 saturated carbocycles. The summed E-state index contributed by atoms with van der Waals surface area (Å²) in [4.78, 5) is 13.4. The molecule has 0 aromatic rings. The maximum absolute atomic E-state index is 11.3. The van der Waals surface area contributed by atoms with Gasteiger partial charge < -0.3 is 5.11 Å². The van der Waals surface area contributed by atoms with E-state index in [1.807, 2.05) is 7.05 Å². The average Bonchev–Trinajstić information content (AvgIpc) is 2.82. The third kappa shape index (κ3) is 1.77. The number of carboxylic acids is 1. The Morgan fingerprint density at radius 3 is 2.79 bits per heavy atom. The Kier molecular flexibility index (Phi) is 2.75. The quantitative estimate of drug-likeness (QED) is 0.767. The monoisotopic (exact) mass is 215 g/mol. The lowest BCUT2D eigenvalue weighted by molar-refractivity contribution is -0.149. The Balaban J connectivity index is 2.04. The Morgan fingerprint density at radius 1 is 1.64 bits per heavy atom. The zero-order chi connectivity index (χ0) is 10.2. The predicted molar refractivity (Wildman–Crippen MR) is 57.7 cm³/mol. The molecule has 0 aromatic carbocycles. The first-order chi connectivity index (χ1) is 6.65. The molecule has 1 unspecified atom stereocenters. The van der Waals surface area contributed by atoms with Crippen molar-refractivity contribution in [3.63, 3.8) is 0 Å². The van der Waals surface area contributed by atoms with E-state index in [0.717, 1.165) is 30.4 Å². The van der Waals surface area contributed by atoms with Crippen LogP contribution in [0.15, 0.2) is 0 Å². The Bertz CT molecular complexity index is 234. The average molecular weight is 215 g/mol. The molecule has 2 fully saturated rings. The van der Waals surface area contributed by atoms with Crippen LogP contribution in [0.4, 0.5) is 0 Å². The van der Waals surface area contributed by atoms with E-state index in [2.05, 4.69) is 4.90 Å². The largest absolute Gasteiger partial charge is 0.480 e. The second kappa shape index (κ2) is 3.74. The molecule has 2 aliphatic rings. The van der Waals surface area contributed by atoms with Crippen LogP contribution in [0.5, 0.6) is 0 Å². The number of rotatable bonds is 4. The summed E-state index contributed by atoms with van der Waals surface area (Å²) in [5, 5.41) is 9.31. The molecule has 0 aromatic heterocycles. The zero-order valence-corrected chi connectivity index (χ0v) is 9.35. The van der Waals surface area contributed by atoms with Gasteiger partial charge in [0.15, 0.2) is 0 Å². The molecule has 3 nitrogen and oxygen atoms in total. The first-order valence-electron chi connectivity index (χ1n) is 5.17. The van der Waals surface area contributed by atoms with Crippen molar-refractivity contribution in [1.29, 1.82) is 0 Å². The molecule has 0 amide bonds. The van der Waals surface area contributed by atoms with Gasteiger partial charge in [0.25, 0.3) is 0 Å². The van der Waals surface area contributed by atoms with Crippen molar-refractivity contribution in [2.75, 3.05) is 25.1 Å². The third-order valence-electron chi connectivity index (χ3n) is 3.36. The number of thioether (sulfide) groups is 1. The molecule has 2 rings (SSSR count). The Hall–Kier alpha value is -0.220. The van der Waals surface area contributed by atoms with E-state index in [-0.39, 0.29) is 0 Å². The van der Waals surface area contributed by atoms with Gasteiger partial charge in [-0.3, -0.25) is 9.69 Å². The molecular weight excluding hydrogens is 198 g/mol. The number of carbonyl (C=O) groups is 1. The minimum absolute atomic E-state index is 0.562. The Labute approximate surface area is 88.9 Å². The van der Waals surface area contributed by atoms with Crippen LogP contribution in [0, 0.1) is 5.92 Å². The van der Waals surface area contributed by atoms with Crippen LogP contribution in [-0.4, -0.2) is 46.6 Å². The van der Waals surface area contributed by atoms with Gasteiger partial charge >= 0.3 is 5.97 Å². The van der Waals surface area contributed by atoms with E-state index in [1.54, 1.807) is 11.8 Å². The fraction of sp³-hybridized carbons (Fsp3) is 0.900. The topological polar surface area (TPSA) is 40.5 Å². The molecule has 14 heavy (non-hydrogen) atoms. The van der Waals surface area contributed by atoms with Crippen LogP contribution in [0.2, 0.25) is 0 Å². The van der Waals surface area contributed by atoms with E-state index in [0.29, 0.717) is 0 Å². The van der Waals surface area contributed by atoms with E-state index < -0.39 is 11.5 Å². The molecule has 80 valence electrons. The molecule has 0 bridgehead atoms. The van der Waals surface area contributed by atoms with Crippen LogP contribution < -0.4 is 0 Å². The third-order valence-corrected chi connectivity index (χ3v) is 4.53. The Morgan fingerprint density at radius 2 is 2.36 bits per heavy atom. The van der Waals surface area contributed by atoms with Gasteiger partial charge in [0.2, 0.25) is 0 Å². The maximum Gasteiger partial charge on any atom is 0.325 e. The van der Waals surface area contributed by atoms with Gasteiger partial charge in [-0.1, -0.05) is 0 Å². The number of carboxylic acid groups (broad SMARTS) is 1. The van der Waals surface area contributed by atoms with Crippen LogP contribution >= 0.6 is 11.8 Å². The fourth-order valence-electron chi connectivity index (χ4n) is 2.05. The fourth-order valence-corrected chi connectivity index (χ4v) is 3.50. The lowest BCUT2D eigenvalue weighted by atomic mass is 9.97. The highest BCUT2D eigenvalue weighted by molar-refractivity contribution is 7.99. The maximum atomic E-state index is 11.3. The summed E-state index contributed by atoms with van der Waals surface area (Å²) < 4.78 is 0. The van der Waals surface area contributed by atoms with Gasteiger partial charge in [0, 0.05) is 12.3 Å². The van der Waals surface area contributed by atoms with Crippen molar-refractivity contribution in [2.45, 2.75) is 24.8 Å². The van der Waals surface area contributed by atoms with E-state index in [4.69, 9.17) is 0 Å².